The standard InChI is InChI=1S/C22H23ClN2O8/c1-6-7-4-5-8(23)15(26)10(7)16(27)11-9(6)17(28)13-14(25(2)3)18(29)12(21(24)32)20(31)22(13,33)19(11)30/h4-6,9,11-14,17,26,28,33H,1-3H3,(H2,24,32)/t6-,9+,11?,12?,13+,14-,17-,22-/m0/s1. The van der Waals surface area contributed by atoms with Crippen LogP contribution >= 0.6 is 11.6 Å². The number of benzene rings is 1. The molecule has 2 saturated carbocycles. The van der Waals surface area contributed by atoms with E-state index in [1.54, 1.807) is 6.92 Å². The van der Waals surface area contributed by atoms with Crippen LogP contribution in [0.1, 0.15) is 28.8 Å². The van der Waals surface area contributed by atoms with Crippen molar-refractivity contribution in [2.75, 3.05) is 14.1 Å². The fourth-order valence-electron chi connectivity index (χ4n) is 5.96. The van der Waals surface area contributed by atoms with Crippen molar-refractivity contribution in [1.82, 2.24) is 4.90 Å². The number of hydrogen-bond donors (Lipinski definition) is 4. The number of carbonyl (C=O) groups excluding carboxylic acids is 5. The monoisotopic (exact) mass is 478 g/mol. The lowest BCUT2D eigenvalue weighted by atomic mass is 9.49. The summed E-state index contributed by atoms with van der Waals surface area (Å²) in [4.78, 5) is 66.6. The van der Waals surface area contributed by atoms with Crippen molar-refractivity contribution in [3.05, 3.63) is 28.3 Å². The number of nitrogens with zero attached hydrogens (tertiary/aromatic N) is 1. The van der Waals surface area contributed by atoms with Gasteiger partial charge in [0.15, 0.2) is 34.7 Å². The Morgan fingerprint density at radius 1 is 1.15 bits per heavy atom. The zero-order valence-electron chi connectivity index (χ0n) is 18.0. The number of carbonyl (C=O) groups is 5. The highest BCUT2D eigenvalue weighted by Gasteiger charge is 2.72. The number of primary amides is 1. The van der Waals surface area contributed by atoms with Crippen LogP contribution in [-0.2, 0) is 19.2 Å². The van der Waals surface area contributed by atoms with E-state index in [2.05, 4.69) is 0 Å². The third kappa shape index (κ3) is 2.81. The number of phenolic OH excluding ortho intramolecular Hbond substituents is 1. The topological polar surface area (TPSA) is 175 Å². The van der Waals surface area contributed by atoms with Crippen molar-refractivity contribution < 1.29 is 39.3 Å². The van der Waals surface area contributed by atoms with Gasteiger partial charge in [-0.1, -0.05) is 24.6 Å². The number of ketones is 4. The SMILES string of the molecule is C[C@H]1c2ccc(Cl)c(O)c2C(=O)C2C(=O)[C@]3(O)C(=O)C(C(N)=O)C(=O)[C@@H](N(C)C)[C@@H]3[C@@H](O)[C@@H]21. The number of amides is 1. The van der Waals surface area contributed by atoms with Gasteiger partial charge in [-0.3, -0.25) is 28.9 Å². The Kier molecular flexibility index (Phi) is 5.29. The lowest BCUT2D eigenvalue weighted by Crippen LogP contribution is -2.77. The van der Waals surface area contributed by atoms with E-state index in [9.17, 15) is 39.3 Å². The van der Waals surface area contributed by atoms with Crippen molar-refractivity contribution in [2.24, 2.45) is 29.4 Å². The maximum Gasteiger partial charge on any atom is 0.235 e. The van der Waals surface area contributed by atoms with E-state index in [1.165, 1.54) is 31.1 Å². The molecule has 33 heavy (non-hydrogen) atoms. The summed E-state index contributed by atoms with van der Waals surface area (Å²) >= 11 is 5.95. The highest BCUT2D eigenvalue weighted by Crippen LogP contribution is 2.54. The van der Waals surface area contributed by atoms with Gasteiger partial charge < -0.3 is 21.1 Å². The molecule has 1 amide bonds. The molecule has 1 aromatic carbocycles. The second-order valence-electron chi connectivity index (χ2n) is 9.23. The van der Waals surface area contributed by atoms with Crippen LogP contribution in [0.3, 0.4) is 0 Å². The summed E-state index contributed by atoms with van der Waals surface area (Å²) in [7, 11) is 2.87. The molecule has 0 aromatic heterocycles. The highest BCUT2D eigenvalue weighted by atomic mass is 35.5. The summed E-state index contributed by atoms with van der Waals surface area (Å²) in [5, 5.41) is 33.2. The molecule has 0 aliphatic heterocycles. The number of aliphatic hydroxyl groups is 2. The van der Waals surface area contributed by atoms with E-state index in [1.807, 2.05) is 0 Å². The molecule has 5 N–H and O–H groups in total. The van der Waals surface area contributed by atoms with Gasteiger partial charge in [0.25, 0.3) is 0 Å². The second-order valence-corrected chi connectivity index (χ2v) is 9.63. The number of nitrogens with two attached hydrogens (primary N) is 1. The van der Waals surface area contributed by atoms with Gasteiger partial charge in [-0.2, -0.15) is 0 Å². The van der Waals surface area contributed by atoms with Gasteiger partial charge in [-0.05, 0) is 31.6 Å². The van der Waals surface area contributed by atoms with E-state index in [0.717, 1.165) is 0 Å². The minimum atomic E-state index is -3.01. The fourth-order valence-corrected chi connectivity index (χ4v) is 6.12. The summed E-state index contributed by atoms with van der Waals surface area (Å²) < 4.78 is 0. The van der Waals surface area contributed by atoms with Crippen LogP contribution in [0.2, 0.25) is 5.02 Å². The van der Waals surface area contributed by atoms with Crippen LogP contribution < -0.4 is 5.73 Å². The first kappa shape index (κ1) is 23.5. The van der Waals surface area contributed by atoms with Crippen LogP contribution in [0.4, 0.5) is 0 Å². The molecule has 2 unspecified atom stereocenters. The number of hydrogen-bond acceptors (Lipinski definition) is 9. The zero-order chi connectivity index (χ0) is 24.7. The second kappa shape index (κ2) is 7.42. The molecule has 0 saturated heterocycles. The van der Waals surface area contributed by atoms with Gasteiger partial charge in [0.2, 0.25) is 5.91 Å². The molecule has 4 rings (SSSR count). The van der Waals surface area contributed by atoms with Crippen LogP contribution in [-0.4, -0.2) is 81.1 Å². The number of rotatable bonds is 2. The Bertz CT molecular complexity index is 1130. The van der Waals surface area contributed by atoms with Crippen molar-refractivity contribution in [1.29, 1.82) is 0 Å². The molecule has 0 spiro atoms. The molecule has 2 fully saturated rings. The summed E-state index contributed by atoms with van der Waals surface area (Å²) in [6, 6.07) is 1.48. The third-order valence-electron chi connectivity index (χ3n) is 7.44. The van der Waals surface area contributed by atoms with E-state index in [-0.39, 0.29) is 10.6 Å². The van der Waals surface area contributed by atoms with Gasteiger partial charge in [0, 0.05) is 5.92 Å². The summed E-state index contributed by atoms with van der Waals surface area (Å²) in [5.41, 5.74) is 2.35. The normalized spacial score (nSPS) is 38.1. The molecule has 8 atom stereocenters. The average Bonchev–Trinajstić information content (AvgIpc) is 2.72. The number of likely N-dealkylation sites (N-methyl/N-ethyl adjacent to an activating group) is 1. The van der Waals surface area contributed by atoms with E-state index < -0.39 is 82.1 Å². The molecule has 3 aliphatic rings. The molecule has 11 heteroatoms. The quantitative estimate of drug-likeness (QED) is 0.390. The largest absolute Gasteiger partial charge is 0.506 e. The van der Waals surface area contributed by atoms with Gasteiger partial charge in [-0.15, -0.1) is 0 Å². The van der Waals surface area contributed by atoms with Crippen molar-refractivity contribution >= 4 is 40.6 Å². The van der Waals surface area contributed by atoms with Gasteiger partial charge in [0.05, 0.1) is 34.6 Å². The van der Waals surface area contributed by atoms with Gasteiger partial charge in [0.1, 0.15) is 5.75 Å². The predicted octanol–water partition coefficient (Wildman–Crippen LogP) is -0.948. The molecule has 1 aromatic rings. The zero-order valence-corrected chi connectivity index (χ0v) is 18.7. The summed E-state index contributed by atoms with van der Waals surface area (Å²) in [6.45, 7) is 1.63. The summed E-state index contributed by atoms with van der Waals surface area (Å²) in [5.74, 6) is -13.7. The third-order valence-corrected chi connectivity index (χ3v) is 7.75. The van der Waals surface area contributed by atoms with E-state index >= 15 is 0 Å². The number of Topliss-reactive ketones (excluding diaryl/α,β-unsaturated/α-hetero) is 4. The molecule has 0 heterocycles. The smallest absolute Gasteiger partial charge is 0.235 e. The van der Waals surface area contributed by atoms with E-state index in [4.69, 9.17) is 17.3 Å². The first-order chi connectivity index (χ1) is 15.3. The van der Waals surface area contributed by atoms with Crippen molar-refractivity contribution in [2.45, 2.75) is 30.6 Å². The van der Waals surface area contributed by atoms with Crippen LogP contribution in [0.25, 0.3) is 0 Å². The molecule has 0 bridgehead atoms. The number of aliphatic hydroxyl groups excluding tert-OH is 1. The number of aromatic hydroxyl groups is 1. The number of halogens is 1. The molecule has 3 aliphatic carbocycles. The minimum absolute atomic E-state index is 0.131. The Morgan fingerprint density at radius 2 is 1.76 bits per heavy atom. The van der Waals surface area contributed by atoms with Crippen LogP contribution in [0.15, 0.2) is 12.1 Å². The van der Waals surface area contributed by atoms with Crippen LogP contribution in [0, 0.1) is 23.7 Å². The molecule has 0 radical (unpaired) electrons. The summed E-state index contributed by atoms with van der Waals surface area (Å²) in [6.07, 6.45) is -1.66. The maximum atomic E-state index is 13.7. The Balaban J connectivity index is 1.97. The van der Waals surface area contributed by atoms with Crippen molar-refractivity contribution in [3.63, 3.8) is 0 Å². The molecular weight excluding hydrogens is 456 g/mol. The average molecular weight is 479 g/mol. The minimum Gasteiger partial charge on any atom is -0.506 e. The maximum absolute atomic E-state index is 13.7. The van der Waals surface area contributed by atoms with Crippen molar-refractivity contribution in [3.8, 4) is 5.75 Å². The van der Waals surface area contributed by atoms with Gasteiger partial charge in [-0.25, -0.2) is 0 Å². The fraction of sp³-hybridized carbons (Fsp3) is 0.500. The lowest BCUT2D eigenvalue weighted by molar-refractivity contribution is -0.196. The first-order valence-corrected chi connectivity index (χ1v) is 10.7. The Labute approximate surface area is 193 Å². The lowest BCUT2D eigenvalue weighted by Gasteiger charge is -2.56. The molecule has 176 valence electrons. The number of phenols is 1. The predicted molar refractivity (Wildman–Crippen MR) is 112 cm³/mol. The Morgan fingerprint density at radius 3 is 2.30 bits per heavy atom. The Hall–Kier alpha value is -2.66. The molecular formula is C22H23ClN2O8. The van der Waals surface area contributed by atoms with E-state index in [0.29, 0.717) is 5.56 Å². The highest BCUT2D eigenvalue weighted by molar-refractivity contribution is 6.34. The van der Waals surface area contributed by atoms with Gasteiger partial charge >= 0.3 is 0 Å². The molecule has 10 nitrogen and oxygen atoms in total. The first-order valence-electron chi connectivity index (χ1n) is 10.3. The van der Waals surface area contributed by atoms with Crippen LogP contribution in [0.5, 0.6) is 5.75 Å². The number of fused-ring (bicyclic) bond motifs is 3.